The highest BCUT2D eigenvalue weighted by molar-refractivity contribution is 7.98. The summed E-state index contributed by atoms with van der Waals surface area (Å²) < 4.78 is 7.42. The number of hydrogen-bond donors (Lipinski definition) is 0. The van der Waals surface area contributed by atoms with Crippen molar-refractivity contribution in [1.29, 1.82) is 0 Å². The Labute approximate surface area is 156 Å². The first kappa shape index (κ1) is 16.7. The SMILES string of the molecule is COc1ccc(-c2nc(SC)nc3c2cc(-c2ccccc2)n3C)cc1. The minimum atomic E-state index is 0.768. The van der Waals surface area contributed by atoms with E-state index in [0.29, 0.717) is 0 Å². The summed E-state index contributed by atoms with van der Waals surface area (Å²) in [5.41, 5.74) is 5.23. The number of benzene rings is 2. The Morgan fingerprint density at radius 3 is 2.31 bits per heavy atom. The van der Waals surface area contributed by atoms with Gasteiger partial charge in [0.1, 0.15) is 11.4 Å². The highest BCUT2D eigenvalue weighted by Crippen LogP contribution is 2.34. The van der Waals surface area contributed by atoms with Gasteiger partial charge < -0.3 is 9.30 Å². The fourth-order valence-corrected chi connectivity index (χ4v) is 3.48. The number of rotatable bonds is 4. The van der Waals surface area contributed by atoms with Crippen LogP contribution >= 0.6 is 11.8 Å². The Kier molecular flexibility index (Phi) is 4.39. The van der Waals surface area contributed by atoms with E-state index < -0.39 is 0 Å². The van der Waals surface area contributed by atoms with Crippen molar-refractivity contribution in [2.45, 2.75) is 5.16 Å². The molecule has 0 N–H and O–H groups in total. The molecule has 0 saturated carbocycles. The number of thioether (sulfide) groups is 1. The Morgan fingerprint density at radius 2 is 1.65 bits per heavy atom. The molecule has 0 fully saturated rings. The van der Waals surface area contributed by atoms with Crippen LogP contribution in [0.25, 0.3) is 33.5 Å². The lowest BCUT2D eigenvalue weighted by Crippen LogP contribution is -1.97. The Hall–Kier alpha value is -2.79. The molecule has 5 heteroatoms. The van der Waals surface area contributed by atoms with Crippen LogP contribution in [-0.4, -0.2) is 27.9 Å². The van der Waals surface area contributed by atoms with Gasteiger partial charge >= 0.3 is 0 Å². The second-order valence-corrected chi connectivity index (χ2v) is 6.75. The van der Waals surface area contributed by atoms with Gasteiger partial charge in [0.25, 0.3) is 0 Å². The highest BCUT2D eigenvalue weighted by Gasteiger charge is 2.16. The van der Waals surface area contributed by atoms with E-state index in [1.807, 2.05) is 36.6 Å². The Balaban J connectivity index is 1.97. The third-order valence-corrected chi connectivity index (χ3v) is 5.03. The van der Waals surface area contributed by atoms with Gasteiger partial charge in [-0.05, 0) is 42.2 Å². The fraction of sp³-hybridized carbons (Fsp3) is 0.143. The van der Waals surface area contributed by atoms with Crippen LogP contribution in [0, 0.1) is 0 Å². The average molecular weight is 361 g/mol. The van der Waals surface area contributed by atoms with E-state index in [-0.39, 0.29) is 0 Å². The zero-order valence-electron chi connectivity index (χ0n) is 14.9. The van der Waals surface area contributed by atoms with Gasteiger partial charge in [-0.25, -0.2) is 9.97 Å². The van der Waals surface area contributed by atoms with E-state index in [2.05, 4.69) is 41.9 Å². The summed E-state index contributed by atoms with van der Waals surface area (Å²) in [6.07, 6.45) is 2.00. The standard InChI is InChI=1S/C21H19N3OS/c1-24-18(14-7-5-4-6-8-14)13-17-19(22-21(26-3)23-20(17)24)15-9-11-16(25-2)12-10-15/h4-13H,1-3H3. The first-order chi connectivity index (χ1) is 12.7. The van der Waals surface area contributed by atoms with Crippen molar-refractivity contribution < 1.29 is 4.74 Å². The molecular weight excluding hydrogens is 342 g/mol. The van der Waals surface area contributed by atoms with Crippen molar-refractivity contribution in [1.82, 2.24) is 14.5 Å². The molecule has 0 aliphatic heterocycles. The Bertz CT molecular complexity index is 1060. The summed E-state index contributed by atoms with van der Waals surface area (Å²) in [6.45, 7) is 0. The van der Waals surface area contributed by atoms with Gasteiger partial charge in [-0.1, -0.05) is 42.1 Å². The van der Waals surface area contributed by atoms with Crippen LogP contribution in [0.1, 0.15) is 0 Å². The number of aromatic nitrogens is 3. The predicted octanol–water partition coefficient (Wildman–Crippen LogP) is 5.03. The molecule has 4 aromatic rings. The first-order valence-corrected chi connectivity index (χ1v) is 9.55. The molecule has 4 rings (SSSR count). The molecule has 0 bridgehead atoms. The van der Waals surface area contributed by atoms with Crippen molar-refractivity contribution in [2.75, 3.05) is 13.4 Å². The number of nitrogens with zero attached hydrogens (tertiary/aromatic N) is 3. The molecule has 2 aromatic carbocycles. The molecule has 26 heavy (non-hydrogen) atoms. The molecule has 0 radical (unpaired) electrons. The quantitative estimate of drug-likeness (QED) is 0.377. The maximum atomic E-state index is 5.28. The van der Waals surface area contributed by atoms with E-state index in [0.717, 1.165) is 38.9 Å². The van der Waals surface area contributed by atoms with Gasteiger partial charge in [-0.2, -0.15) is 0 Å². The minimum Gasteiger partial charge on any atom is -0.497 e. The first-order valence-electron chi connectivity index (χ1n) is 8.32. The van der Waals surface area contributed by atoms with Crippen LogP contribution in [0.15, 0.2) is 65.8 Å². The third kappa shape index (κ3) is 2.84. The maximum Gasteiger partial charge on any atom is 0.189 e. The average Bonchev–Trinajstić information content (AvgIpc) is 3.04. The van der Waals surface area contributed by atoms with Crippen molar-refractivity contribution >= 4 is 22.8 Å². The Morgan fingerprint density at radius 1 is 0.923 bits per heavy atom. The molecule has 0 atom stereocenters. The van der Waals surface area contributed by atoms with Crippen molar-refractivity contribution in [3.05, 3.63) is 60.7 Å². The van der Waals surface area contributed by atoms with Crippen LogP contribution < -0.4 is 4.74 Å². The van der Waals surface area contributed by atoms with Gasteiger partial charge in [0.05, 0.1) is 18.5 Å². The fourth-order valence-electron chi connectivity index (χ4n) is 3.12. The topological polar surface area (TPSA) is 39.9 Å². The smallest absolute Gasteiger partial charge is 0.189 e. The van der Waals surface area contributed by atoms with E-state index in [9.17, 15) is 0 Å². The van der Waals surface area contributed by atoms with Crippen molar-refractivity contribution in [3.63, 3.8) is 0 Å². The summed E-state index contributed by atoms with van der Waals surface area (Å²) in [7, 11) is 3.73. The van der Waals surface area contributed by atoms with Gasteiger partial charge in [0, 0.05) is 18.0 Å². The zero-order valence-corrected chi connectivity index (χ0v) is 15.7. The number of fused-ring (bicyclic) bond motifs is 1. The molecule has 0 spiro atoms. The second-order valence-electron chi connectivity index (χ2n) is 5.98. The van der Waals surface area contributed by atoms with Gasteiger partial charge in [0.2, 0.25) is 0 Å². The second kappa shape index (κ2) is 6.84. The summed E-state index contributed by atoms with van der Waals surface area (Å²) >= 11 is 1.55. The molecular formula is C21H19N3OS. The summed E-state index contributed by atoms with van der Waals surface area (Å²) in [4.78, 5) is 9.54. The lowest BCUT2D eigenvalue weighted by Gasteiger charge is -2.07. The summed E-state index contributed by atoms with van der Waals surface area (Å²) in [5, 5.41) is 1.82. The monoisotopic (exact) mass is 361 g/mol. The van der Waals surface area contributed by atoms with E-state index in [4.69, 9.17) is 14.7 Å². The van der Waals surface area contributed by atoms with E-state index >= 15 is 0 Å². The maximum absolute atomic E-state index is 5.28. The van der Waals surface area contributed by atoms with Gasteiger partial charge in [0.15, 0.2) is 5.16 Å². The molecule has 2 heterocycles. The molecule has 0 aliphatic carbocycles. The zero-order chi connectivity index (χ0) is 18.1. The molecule has 130 valence electrons. The number of hydrogen-bond acceptors (Lipinski definition) is 4. The number of methoxy groups -OCH3 is 1. The molecule has 2 aromatic heterocycles. The van der Waals surface area contributed by atoms with Crippen LogP contribution in [-0.2, 0) is 7.05 Å². The highest BCUT2D eigenvalue weighted by atomic mass is 32.2. The minimum absolute atomic E-state index is 0.768. The number of aryl methyl sites for hydroxylation is 1. The van der Waals surface area contributed by atoms with Crippen molar-refractivity contribution in [3.8, 4) is 28.3 Å². The van der Waals surface area contributed by atoms with Crippen molar-refractivity contribution in [2.24, 2.45) is 7.05 Å². The number of ether oxygens (including phenoxy) is 1. The molecule has 0 saturated heterocycles. The largest absolute Gasteiger partial charge is 0.497 e. The lowest BCUT2D eigenvalue weighted by molar-refractivity contribution is 0.415. The summed E-state index contributed by atoms with van der Waals surface area (Å²) in [5.74, 6) is 0.835. The van der Waals surface area contributed by atoms with Crippen LogP contribution in [0.3, 0.4) is 0 Å². The van der Waals surface area contributed by atoms with Crippen LogP contribution in [0.4, 0.5) is 0 Å². The van der Waals surface area contributed by atoms with E-state index in [1.54, 1.807) is 18.9 Å². The van der Waals surface area contributed by atoms with Crippen LogP contribution in [0.2, 0.25) is 0 Å². The van der Waals surface area contributed by atoms with Gasteiger partial charge in [-0.3, -0.25) is 0 Å². The molecule has 0 amide bonds. The normalized spacial score (nSPS) is 11.0. The predicted molar refractivity (Wildman–Crippen MR) is 108 cm³/mol. The molecule has 0 unspecified atom stereocenters. The molecule has 4 nitrogen and oxygen atoms in total. The molecule has 0 aliphatic rings. The third-order valence-electron chi connectivity index (χ3n) is 4.48. The lowest BCUT2D eigenvalue weighted by atomic mass is 10.1. The van der Waals surface area contributed by atoms with Crippen LogP contribution in [0.5, 0.6) is 5.75 Å². The summed E-state index contributed by atoms with van der Waals surface area (Å²) in [6, 6.07) is 20.5. The van der Waals surface area contributed by atoms with Gasteiger partial charge in [-0.15, -0.1) is 0 Å². The van der Waals surface area contributed by atoms with E-state index in [1.165, 1.54) is 5.56 Å².